The number of imide groups is 1. The molecule has 0 spiro atoms. The predicted molar refractivity (Wildman–Crippen MR) is 91.8 cm³/mol. The van der Waals surface area contributed by atoms with Gasteiger partial charge in [0.25, 0.3) is 5.91 Å². The largest absolute Gasteiger partial charge is 0.495 e. The Labute approximate surface area is 152 Å². The number of methoxy groups -OCH3 is 1. The molecule has 0 radical (unpaired) electrons. The van der Waals surface area contributed by atoms with Crippen LogP contribution in [0.4, 0.5) is 10.1 Å². The highest BCUT2D eigenvalue weighted by Crippen LogP contribution is 2.39. The molecule has 0 aliphatic carbocycles. The van der Waals surface area contributed by atoms with Crippen LogP contribution in [0.15, 0.2) is 47.6 Å². The van der Waals surface area contributed by atoms with Gasteiger partial charge in [0, 0.05) is 10.6 Å². The minimum atomic E-state index is -1.06. The molecule has 26 heavy (non-hydrogen) atoms. The lowest BCUT2D eigenvalue weighted by Crippen LogP contribution is -2.33. The van der Waals surface area contributed by atoms with Crippen molar-refractivity contribution in [3.05, 3.63) is 58.9 Å². The van der Waals surface area contributed by atoms with Crippen molar-refractivity contribution in [1.82, 2.24) is 0 Å². The summed E-state index contributed by atoms with van der Waals surface area (Å²) in [5.41, 5.74) is 1.04. The first kappa shape index (κ1) is 16.5. The Balaban J connectivity index is 1.74. The summed E-state index contributed by atoms with van der Waals surface area (Å²) in [4.78, 5) is 32.0. The molecule has 8 heteroatoms. The monoisotopic (exact) mass is 374 g/mol. The lowest BCUT2D eigenvalue weighted by molar-refractivity contribution is -0.126. The number of ether oxygens (including phenoxy) is 1. The van der Waals surface area contributed by atoms with Crippen molar-refractivity contribution < 1.29 is 23.6 Å². The molecule has 4 rings (SSSR count). The molecule has 2 aromatic rings. The first-order valence-electron chi connectivity index (χ1n) is 7.72. The Bertz CT molecular complexity index is 945. The fourth-order valence-electron chi connectivity index (χ4n) is 3.11. The number of halogens is 2. The molecule has 2 heterocycles. The van der Waals surface area contributed by atoms with Gasteiger partial charge in [0.2, 0.25) is 12.0 Å². The maximum Gasteiger partial charge on any atom is 0.279 e. The standard InChI is InChI=1S/C18H12ClFN2O4/c1-25-13-7-4-10(19)8-12(13)22-17(23)14-15(21-26-16(14)18(22)24)9-2-5-11(20)6-3-9/h2-8,14,16H,1H3/t14-,16+/m0/s1. The van der Waals surface area contributed by atoms with E-state index in [0.29, 0.717) is 16.3 Å². The Morgan fingerprint density at radius 2 is 1.88 bits per heavy atom. The van der Waals surface area contributed by atoms with E-state index in [4.69, 9.17) is 21.2 Å². The van der Waals surface area contributed by atoms with Crippen molar-refractivity contribution >= 4 is 34.8 Å². The quantitative estimate of drug-likeness (QED) is 0.775. The van der Waals surface area contributed by atoms with E-state index < -0.39 is 29.7 Å². The van der Waals surface area contributed by atoms with E-state index in [0.717, 1.165) is 4.90 Å². The summed E-state index contributed by atoms with van der Waals surface area (Å²) >= 11 is 6.01. The number of fused-ring (bicyclic) bond motifs is 1. The summed E-state index contributed by atoms with van der Waals surface area (Å²) < 4.78 is 18.4. The van der Waals surface area contributed by atoms with Crippen molar-refractivity contribution in [2.24, 2.45) is 11.1 Å². The molecular formula is C18H12ClFN2O4. The van der Waals surface area contributed by atoms with E-state index in [1.165, 1.54) is 37.4 Å². The van der Waals surface area contributed by atoms with E-state index in [2.05, 4.69) is 5.16 Å². The van der Waals surface area contributed by atoms with Crippen molar-refractivity contribution in [2.45, 2.75) is 6.10 Å². The fraction of sp³-hybridized carbons (Fsp3) is 0.167. The van der Waals surface area contributed by atoms with Gasteiger partial charge in [0.15, 0.2) is 0 Å². The average molecular weight is 375 g/mol. The maximum atomic E-state index is 13.2. The lowest BCUT2D eigenvalue weighted by Gasteiger charge is -2.18. The van der Waals surface area contributed by atoms with Gasteiger partial charge in [-0.3, -0.25) is 9.59 Å². The molecule has 2 aromatic carbocycles. The van der Waals surface area contributed by atoms with E-state index in [1.54, 1.807) is 12.1 Å². The summed E-state index contributed by atoms with van der Waals surface area (Å²) in [5, 5.41) is 4.23. The first-order chi connectivity index (χ1) is 12.5. The molecule has 1 fully saturated rings. The van der Waals surface area contributed by atoms with E-state index in [1.807, 2.05) is 0 Å². The number of oxime groups is 1. The smallest absolute Gasteiger partial charge is 0.279 e. The second-order valence-corrected chi connectivity index (χ2v) is 6.25. The third-order valence-corrected chi connectivity index (χ3v) is 4.57. The van der Waals surface area contributed by atoms with E-state index in [9.17, 15) is 14.0 Å². The van der Waals surface area contributed by atoms with Crippen LogP contribution in [0.5, 0.6) is 5.75 Å². The van der Waals surface area contributed by atoms with Crippen molar-refractivity contribution in [1.29, 1.82) is 0 Å². The van der Waals surface area contributed by atoms with E-state index >= 15 is 0 Å². The second kappa shape index (κ2) is 6.10. The molecule has 2 amide bonds. The van der Waals surface area contributed by atoms with Crippen LogP contribution in [0.2, 0.25) is 5.02 Å². The third-order valence-electron chi connectivity index (χ3n) is 4.33. The second-order valence-electron chi connectivity index (χ2n) is 5.82. The summed E-state index contributed by atoms with van der Waals surface area (Å²) in [6.07, 6.45) is -1.06. The minimum Gasteiger partial charge on any atom is -0.495 e. The highest BCUT2D eigenvalue weighted by Gasteiger charge is 2.56. The highest BCUT2D eigenvalue weighted by atomic mass is 35.5. The Morgan fingerprint density at radius 3 is 2.58 bits per heavy atom. The molecule has 132 valence electrons. The summed E-state index contributed by atoms with van der Waals surface area (Å²) in [5.74, 6) is -2.04. The molecule has 0 aromatic heterocycles. The van der Waals surface area contributed by atoms with Crippen LogP contribution in [-0.4, -0.2) is 30.7 Å². The number of hydrogen-bond donors (Lipinski definition) is 0. The number of anilines is 1. The van der Waals surface area contributed by atoms with Crippen LogP contribution >= 0.6 is 11.6 Å². The SMILES string of the molecule is COc1ccc(Cl)cc1N1C(=O)[C@H]2C(c3ccc(F)cc3)=NO[C@H]2C1=O. The van der Waals surface area contributed by atoms with Crippen LogP contribution in [0.3, 0.4) is 0 Å². The number of carbonyl (C=O) groups excluding carboxylic acids is 2. The molecular weight excluding hydrogens is 363 g/mol. The summed E-state index contributed by atoms with van der Waals surface area (Å²) in [7, 11) is 1.43. The number of benzene rings is 2. The Hall–Kier alpha value is -2.93. The topological polar surface area (TPSA) is 68.2 Å². The van der Waals surface area contributed by atoms with Gasteiger partial charge < -0.3 is 9.57 Å². The summed E-state index contributed by atoms with van der Waals surface area (Å²) in [6.45, 7) is 0. The van der Waals surface area contributed by atoms with Crippen LogP contribution < -0.4 is 9.64 Å². The zero-order valence-corrected chi connectivity index (χ0v) is 14.2. The zero-order valence-electron chi connectivity index (χ0n) is 13.5. The van der Waals surface area contributed by atoms with Crippen molar-refractivity contribution in [2.75, 3.05) is 12.0 Å². The van der Waals surface area contributed by atoms with Crippen LogP contribution in [0.25, 0.3) is 0 Å². The van der Waals surface area contributed by atoms with Gasteiger partial charge in [-0.15, -0.1) is 0 Å². The van der Waals surface area contributed by atoms with Crippen LogP contribution in [0, 0.1) is 11.7 Å². The van der Waals surface area contributed by atoms with Gasteiger partial charge in [-0.05, 0) is 30.3 Å². The van der Waals surface area contributed by atoms with E-state index in [-0.39, 0.29) is 11.4 Å². The molecule has 0 saturated carbocycles. The zero-order chi connectivity index (χ0) is 18.4. The Morgan fingerprint density at radius 1 is 1.15 bits per heavy atom. The Kier molecular flexibility index (Phi) is 3.88. The number of nitrogens with zero attached hydrogens (tertiary/aromatic N) is 2. The van der Waals surface area contributed by atoms with Crippen LogP contribution in [0.1, 0.15) is 5.56 Å². The fourth-order valence-corrected chi connectivity index (χ4v) is 3.28. The van der Waals surface area contributed by atoms with Gasteiger partial charge in [-0.2, -0.15) is 0 Å². The van der Waals surface area contributed by atoms with Crippen molar-refractivity contribution in [3.63, 3.8) is 0 Å². The van der Waals surface area contributed by atoms with Gasteiger partial charge in [0.1, 0.15) is 23.2 Å². The predicted octanol–water partition coefficient (Wildman–Crippen LogP) is 2.78. The molecule has 2 aliphatic heterocycles. The van der Waals surface area contributed by atoms with Gasteiger partial charge in [0.05, 0.1) is 12.8 Å². The van der Waals surface area contributed by atoms with Crippen molar-refractivity contribution in [3.8, 4) is 5.75 Å². The van der Waals surface area contributed by atoms with Gasteiger partial charge in [-0.1, -0.05) is 28.9 Å². The molecule has 0 unspecified atom stereocenters. The molecule has 6 nitrogen and oxygen atoms in total. The number of amides is 2. The third kappa shape index (κ3) is 2.43. The molecule has 2 atom stereocenters. The molecule has 0 N–H and O–H groups in total. The molecule has 1 saturated heterocycles. The van der Waals surface area contributed by atoms with Gasteiger partial charge in [-0.25, -0.2) is 9.29 Å². The maximum absolute atomic E-state index is 13.2. The minimum absolute atomic E-state index is 0.242. The normalized spacial score (nSPS) is 21.5. The average Bonchev–Trinajstić information content (AvgIpc) is 3.16. The van der Waals surface area contributed by atoms with Crippen LogP contribution in [-0.2, 0) is 14.4 Å². The molecule has 0 bridgehead atoms. The first-order valence-corrected chi connectivity index (χ1v) is 8.10. The number of rotatable bonds is 3. The highest BCUT2D eigenvalue weighted by molar-refractivity contribution is 6.34. The molecule has 2 aliphatic rings. The van der Waals surface area contributed by atoms with Gasteiger partial charge >= 0.3 is 0 Å². The lowest BCUT2D eigenvalue weighted by atomic mass is 9.94. The number of hydrogen-bond acceptors (Lipinski definition) is 5. The number of carbonyl (C=O) groups is 2. The summed E-state index contributed by atoms with van der Waals surface area (Å²) in [6, 6.07) is 10.1.